The van der Waals surface area contributed by atoms with Crippen molar-refractivity contribution in [1.29, 1.82) is 0 Å². The van der Waals surface area contributed by atoms with Gasteiger partial charge in [0.2, 0.25) is 0 Å². The molecule has 0 saturated carbocycles. The number of phenols is 1. The fourth-order valence-electron chi connectivity index (χ4n) is 1.54. The first-order chi connectivity index (χ1) is 7.66. The molecular formula is C13H10ClIO. The highest BCUT2D eigenvalue weighted by atomic mass is 127. The second-order valence-corrected chi connectivity index (χ2v) is 5.19. The topological polar surface area (TPSA) is 20.2 Å². The Morgan fingerprint density at radius 1 is 1.06 bits per heavy atom. The minimum Gasteiger partial charge on any atom is -0.508 e. The van der Waals surface area contributed by atoms with Crippen molar-refractivity contribution in [3.8, 4) is 5.75 Å². The van der Waals surface area contributed by atoms with Gasteiger partial charge in [0.1, 0.15) is 5.75 Å². The molecule has 0 radical (unpaired) electrons. The van der Waals surface area contributed by atoms with E-state index in [1.807, 2.05) is 36.4 Å². The maximum Gasteiger partial charge on any atom is 0.119 e. The quantitative estimate of drug-likeness (QED) is 0.808. The molecule has 0 aliphatic carbocycles. The number of para-hydroxylation sites is 1. The number of aromatic hydroxyl groups is 1. The third-order valence-corrected chi connectivity index (χ3v) is 3.42. The Labute approximate surface area is 113 Å². The van der Waals surface area contributed by atoms with E-state index in [4.69, 9.17) is 11.6 Å². The smallest absolute Gasteiger partial charge is 0.119 e. The Morgan fingerprint density at radius 2 is 1.81 bits per heavy atom. The van der Waals surface area contributed by atoms with Gasteiger partial charge in [-0.2, -0.15) is 0 Å². The summed E-state index contributed by atoms with van der Waals surface area (Å²) in [6.07, 6.45) is 0.655. The number of rotatable bonds is 2. The van der Waals surface area contributed by atoms with Gasteiger partial charge in [-0.3, -0.25) is 0 Å². The predicted octanol–water partition coefficient (Wildman–Crippen LogP) is 4.24. The van der Waals surface area contributed by atoms with Gasteiger partial charge in [0.15, 0.2) is 0 Å². The van der Waals surface area contributed by atoms with E-state index >= 15 is 0 Å². The van der Waals surface area contributed by atoms with Crippen molar-refractivity contribution in [2.24, 2.45) is 0 Å². The van der Waals surface area contributed by atoms with Gasteiger partial charge >= 0.3 is 0 Å². The van der Waals surface area contributed by atoms with Crippen molar-refractivity contribution in [3.05, 3.63) is 62.2 Å². The number of phenolic OH excluding ortho intramolecular Hbond substituents is 1. The lowest BCUT2D eigenvalue weighted by molar-refractivity contribution is 0.469. The van der Waals surface area contributed by atoms with Crippen LogP contribution in [0.4, 0.5) is 0 Å². The summed E-state index contributed by atoms with van der Waals surface area (Å²) in [7, 11) is 0. The first-order valence-electron chi connectivity index (χ1n) is 4.87. The van der Waals surface area contributed by atoms with E-state index in [2.05, 4.69) is 22.6 Å². The molecule has 0 aliphatic rings. The summed E-state index contributed by atoms with van der Waals surface area (Å²) < 4.78 is 1.15. The third-order valence-electron chi connectivity index (χ3n) is 2.38. The molecule has 0 atom stereocenters. The van der Waals surface area contributed by atoms with Crippen molar-refractivity contribution in [3.63, 3.8) is 0 Å². The molecule has 0 aliphatic heterocycles. The van der Waals surface area contributed by atoms with E-state index in [-0.39, 0.29) is 0 Å². The van der Waals surface area contributed by atoms with Gasteiger partial charge in [-0.15, -0.1) is 0 Å². The molecule has 0 amide bonds. The average Bonchev–Trinajstić information content (AvgIpc) is 2.27. The summed E-state index contributed by atoms with van der Waals surface area (Å²) in [4.78, 5) is 0. The van der Waals surface area contributed by atoms with Crippen LogP contribution in [0.2, 0.25) is 5.02 Å². The standard InChI is InChI=1S/C13H10ClIO/c14-12-6-5-11(15)8-10(12)7-9-3-1-2-4-13(9)16/h1-6,8,16H,7H2. The van der Waals surface area contributed by atoms with Crippen molar-refractivity contribution in [1.82, 2.24) is 0 Å². The molecule has 0 fully saturated rings. The van der Waals surface area contributed by atoms with Gasteiger partial charge in [0.05, 0.1) is 0 Å². The molecule has 0 aromatic heterocycles. The summed E-state index contributed by atoms with van der Waals surface area (Å²) >= 11 is 8.37. The van der Waals surface area contributed by atoms with Crippen LogP contribution in [0.1, 0.15) is 11.1 Å². The number of hydrogen-bond acceptors (Lipinski definition) is 1. The van der Waals surface area contributed by atoms with Crippen LogP contribution in [0, 0.1) is 3.57 Å². The molecule has 1 N–H and O–H groups in total. The molecule has 0 heterocycles. The van der Waals surface area contributed by atoms with Crippen LogP contribution >= 0.6 is 34.2 Å². The lowest BCUT2D eigenvalue weighted by Crippen LogP contribution is -1.90. The summed E-state index contributed by atoms with van der Waals surface area (Å²) in [5.74, 6) is 0.317. The normalized spacial score (nSPS) is 10.4. The third kappa shape index (κ3) is 2.68. The van der Waals surface area contributed by atoms with Gasteiger partial charge in [-0.1, -0.05) is 29.8 Å². The summed E-state index contributed by atoms with van der Waals surface area (Å²) in [5.41, 5.74) is 1.93. The largest absolute Gasteiger partial charge is 0.508 e. The molecule has 2 aromatic carbocycles. The van der Waals surface area contributed by atoms with Crippen molar-refractivity contribution < 1.29 is 5.11 Å². The number of halogens is 2. The van der Waals surface area contributed by atoms with Crippen LogP contribution < -0.4 is 0 Å². The van der Waals surface area contributed by atoms with Gasteiger partial charge in [0, 0.05) is 15.0 Å². The molecule has 2 aromatic rings. The van der Waals surface area contributed by atoms with Crippen LogP contribution in [-0.4, -0.2) is 5.11 Å². The van der Waals surface area contributed by atoms with Gasteiger partial charge < -0.3 is 5.11 Å². The Kier molecular flexibility index (Phi) is 3.71. The van der Waals surface area contributed by atoms with E-state index in [1.54, 1.807) is 6.07 Å². The highest BCUT2D eigenvalue weighted by molar-refractivity contribution is 14.1. The first kappa shape index (κ1) is 11.7. The van der Waals surface area contributed by atoms with E-state index in [0.717, 1.165) is 19.7 Å². The second kappa shape index (κ2) is 5.06. The minimum atomic E-state index is 0.317. The zero-order chi connectivity index (χ0) is 11.5. The monoisotopic (exact) mass is 344 g/mol. The van der Waals surface area contributed by atoms with Crippen LogP contribution in [0.15, 0.2) is 42.5 Å². The number of hydrogen-bond donors (Lipinski definition) is 1. The first-order valence-corrected chi connectivity index (χ1v) is 6.33. The molecule has 1 nitrogen and oxygen atoms in total. The maximum atomic E-state index is 9.69. The van der Waals surface area contributed by atoms with Crippen molar-refractivity contribution in [2.45, 2.75) is 6.42 Å². The van der Waals surface area contributed by atoms with Crippen molar-refractivity contribution in [2.75, 3.05) is 0 Å². The Hall–Kier alpha value is -0.740. The number of benzene rings is 2. The molecule has 16 heavy (non-hydrogen) atoms. The van der Waals surface area contributed by atoms with E-state index < -0.39 is 0 Å². The zero-order valence-electron chi connectivity index (χ0n) is 8.45. The lowest BCUT2D eigenvalue weighted by Gasteiger charge is -2.07. The van der Waals surface area contributed by atoms with Crippen LogP contribution in [0.5, 0.6) is 5.75 Å². The molecule has 0 bridgehead atoms. The molecule has 0 unspecified atom stereocenters. The van der Waals surface area contributed by atoms with Crippen molar-refractivity contribution >= 4 is 34.2 Å². The molecule has 82 valence electrons. The van der Waals surface area contributed by atoms with Crippen LogP contribution in [-0.2, 0) is 6.42 Å². The SMILES string of the molecule is Oc1ccccc1Cc1cc(I)ccc1Cl. The van der Waals surface area contributed by atoms with Crippen LogP contribution in [0.3, 0.4) is 0 Å². The summed E-state index contributed by atoms with van der Waals surface area (Å²) in [6, 6.07) is 13.2. The Bertz CT molecular complexity index is 511. The molecule has 0 spiro atoms. The lowest BCUT2D eigenvalue weighted by atomic mass is 10.0. The Morgan fingerprint density at radius 3 is 2.56 bits per heavy atom. The van der Waals surface area contributed by atoms with Gasteiger partial charge in [0.25, 0.3) is 0 Å². The highest BCUT2D eigenvalue weighted by Gasteiger charge is 2.05. The average molecular weight is 345 g/mol. The van der Waals surface area contributed by atoms with E-state index in [0.29, 0.717) is 12.2 Å². The fraction of sp³-hybridized carbons (Fsp3) is 0.0769. The molecular weight excluding hydrogens is 334 g/mol. The summed E-state index contributed by atoms with van der Waals surface area (Å²) in [5, 5.41) is 10.4. The maximum absolute atomic E-state index is 9.69. The zero-order valence-corrected chi connectivity index (χ0v) is 11.4. The predicted molar refractivity (Wildman–Crippen MR) is 75.1 cm³/mol. The van der Waals surface area contributed by atoms with E-state index in [9.17, 15) is 5.11 Å². The Balaban J connectivity index is 2.34. The van der Waals surface area contributed by atoms with E-state index in [1.165, 1.54) is 0 Å². The minimum absolute atomic E-state index is 0.317. The summed E-state index contributed by atoms with van der Waals surface area (Å²) in [6.45, 7) is 0. The fourth-order valence-corrected chi connectivity index (χ4v) is 2.28. The molecule has 3 heteroatoms. The highest BCUT2D eigenvalue weighted by Crippen LogP contribution is 2.25. The molecule has 0 saturated heterocycles. The van der Waals surface area contributed by atoms with Gasteiger partial charge in [-0.05, 0) is 58.0 Å². The molecule has 2 rings (SSSR count). The van der Waals surface area contributed by atoms with Crippen LogP contribution in [0.25, 0.3) is 0 Å². The van der Waals surface area contributed by atoms with Gasteiger partial charge in [-0.25, -0.2) is 0 Å². The second-order valence-electron chi connectivity index (χ2n) is 3.54.